The number of nitrogens with zero attached hydrogens (tertiary/aromatic N) is 1. The van der Waals surface area contributed by atoms with Crippen LogP contribution in [0.4, 0.5) is 0 Å². The molecule has 0 aliphatic heterocycles. The molecule has 0 atom stereocenters. The second-order valence-electron chi connectivity index (χ2n) is 4.84. The molecule has 1 amide bonds. The summed E-state index contributed by atoms with van der Waals surface area (Å²) < 4.78 is 10.9. The number of nitrogens with one attached hydrogen (secondary N) is 1. The van der Waals surface area contributed by atoms with Gasteiger partial charge in [0.15, 0.2) is 12.2 Å². The molecule has 2 N–H and O–H groups in total. The molecule has 0 saturated heterocycles. The molecule has 3 rings (SSSR count). The van der Waals surface area contributed by atoms with Crippen LogP contribution in [0.5, 0.6) is 5.75 Å². The summed E-state index contributed by atoms with van der Waals surface area (Å²) in [6.07, 6.45) is 0. The number of carbonyl (C=O) groups is 1. The highest BCUT2D eigenvalue weighted by Crippen LogP contribution is 2.26. The fraction of sp³-hybridized carbons (Fsp3) is 0.125. The van der Waals surface area contributed by atoms with Crippen LogP contribution in [0, 0.1) is 6.92 Å². The molecule has 6 heteroatoms. The van der Waals surface area contributed by atoms with Crippen molar-refractivity contribution in [3.05, 3.63) is 48.0 Å². The summed E-state index contributed by atoms with van der Waals surface area (Å²) >= 11 is 0. The third-order valence-electron chi connectivity index (χ3n) is 3.14. The molecule has 112 valence electrons. The van der Waals surface area contributed by atoms with Crippen molar-refractivity contribution >= 4 is 17.0 Å². The Morgan fingerprint density at radius 3 is 2.77 bits per heavy atom. The van der Waals surface area contributed by atoms with Crippen molar-refractivity contribution in [1.82, 2.24) is 10.5 Å². The van der Waals surface area contributed by atoms with Gasteiger partial charge < -0.3 is 9.15 Å². The molecule has 1 aromatic heterocycles. The average molecular weight is 298 g/mol. The van der Waals surface area contributed by atoms with Crippen LogP contribution in [0.15, 0.2) is 46.9 Å². The summed E-state index contributed by atoms with van der Waals surface area (Å²) in [5.74, 6) is 0.429. The van der Waals surface area contributed by atoms with Crippen molar-refractivity contribution in [3.63, 3.8) is 0 Å². The van der Waals surface area contributed by atoms with Crippen molar-refractivity contribution in [3.8, 4) is 17.2 Å². The lowest BCUT2D eigenvalue weighted by Crippen LogP contribution is -2.25. The minimum atomic E-state index is -0.613. The number of oxazole rings is 1. The molecule has 0 aliphatic rings. The predicted octanol–water partition coefficient (Wildman–Crippen LogP) is 2.69. The van der Waals surface area contributed by atoms with E-state index in [9.17, 15) is 4.79 Å². The molecule has 22 heavy (non-hydrogen) atoms. The minimum absolute atomic E-state index is 0.252. The summed E-state index contributed by atoms with van der Waals surface area (Å²) in [6, 6.07) is 12.8. The monoisotopic (exact) mass is 298 g/mol. The maximum absolute atomic E-state index is 10.9. The van der Waals surface area contributed by atoms with Gasteiger partial charge in [-0.15, -0.1) is 0 Å². The topological polar surface area (TPSA) is 84.6 Å². The summed E-state index contributed by atoms with van der Waals surface area (Å²) in [5.41, 5.74) is 4.99. The van der Waals surface area contributed by atoms with Crippen LogP contribution in [0.3, 0.4) is 0 Å². The number of hydrogen-bond donors (Lipinski definition) is 2. The highest BCUT2D eigenvalue weighted by atomic mass is 16.5. The van der Waals surface area contributed by atoms with Gasteiger partial charge in [0.2, 0.25) is 5.89 Å². The Balaban J connectivity index is 1.80. The van der Waals surface area contributed by atoms with Gasteiger partial charge in [0.1, 0.15) is 11.3 Å². The lowest BCUT2D eigenvalue weighted by molar-refractivity contribution is -0.131. The van der Waals surface area contributed by atoms with Crippen molar-refractivity contribution in [2.45, 2.75) is 6.92 Å². The van der Waals surface area contributed by atoms with E-state index < -0.39 is 5.91 Å². The number of hydrogen-bond acceptors (Lipinski definition) is 5. The summed E-state index contributed by atoms with van der Waals surface area (Å²) in [5, 5.41) is 8.39. The number of carbonyl (C=O) groups excluding carboxylic acids is 1. The van der Waals surface area contributed by atoms with E-state index in [1.807, 2.05) is 25.1 Å². The van der Waals surface area contributed by atoms with Gasteiger partial charge in [-0.05, 0) is 48.9 Å². The summed E-state index contributed by atoms with van der Waals surface area (Å²) in [6.45, 7) is 1.75. The molecule has 0 fully saturated rings. The highest BCUT2D eigenvalue weighted by Gasteiger charge is 2.09. The molecule has 3 aromatic rings. The standard InChI is InChI=1S/C16H14N2O4/c1-10-2-7-14-13(8-10)17-16(22-14)11-3-5-12(6-4-11)21-9-15(19)18-20/h2-8,20H,9H2,1H3,(H,18,19). The molecule has 0 saturated carbocycles. The van der Waals surface area contributed by atoms with E-state index >= 15 is 0 Å². The molecule has 0 spiro atoms. The first kappa shape index (κ1) is 14.1. The molecule has 2 aromatic carbocycles. The van der Waals surface area contributed by atoms with E-state index in [4.69, 9.17) is 14.4 Å². The number of aromatic nitrogens is 1. The van der Waals surface area contributed by atoms with Crippen LogP contribution in [0.1, 0.15) is 5.56 Å². The first-order valence-corrected chi connectivity index (χ1v) is 6.69. The van der Waals surface area contributed by atoms with Crippen molar-refractivity contribution in [2.75, 3.05) is 6.61 Å². The Hall–Kier alpha value is -2.86. The van der Waals surface area contributed by atoms with Crippen LogP contribution in [-0.4, -0.2) is 22.7 Å². The van der Waals surface area contributed by atoms with Gasteiger partial charge in [-0.25, -0.2) is 10.5 Å². The zero-order valence-electron chi connectivity index (χ0n) is 11.9. The molecule has 0 aliphatic carbocycles. The molecular formula is C16H14N2O4. The largest absolute Gasteiger partial charge is 0.484 e. The van der Waals surface area contributed by atoms with E-state index in [1.165, 1.54) is 5.48 Å². The van der Waals surface area contributed by atoms with Crippen molar-refractivity contribution in [1.29, 1.82) is 0 Å². The van der Waals surface area contributed by atoms with Crippen LogP contribution in [-0.2, 0) is 4.79 Å². The van der Waals surface area contributed by atoms with Crippen LogP contribution >= 0.6 is 0 Å². The number of ether oxygens (including phenoxy) is 1. The smallest absolute Gasteiger partial charge is 0.281 e. The number of rotatable bonds is 4. The molecule has 6 nitrogen and oxygen atoms in total. The zero-order chi connectivity index (χ0) is 15.5. The first-order valence-electron chi connectivity index (χ1n) is 6.69. The number of hydroxylamine groups is 1. The van der Waals surface area contributed by atoms with Gasteiger partial charge in [-0.1, -0.05) is 6.07 Å². The maximum atomic E-state index is 10.9. The van der Waals surface area contributed by atoms with E-state index in [2.05, 4.69) is 4.98 Å². The highest BCUT2D eigenvalue weighted by molar-refractivity contribution is 5.77. The van der Waals surface area contributed by atoms with Crippen molar-refractivity contribution < 1.29 is 19.2 Å². The Morgan fingerprint density at radius 2 is 2.05 bits per heavy atom. The quantitative estimate of drug-likeness (QED) is 0.571. The van der Waals surface area contributed by atoms with E-state index in [0.717, 1.165) is 22.2 Å². The molecular weight excluding hydrogens is 284 g/mol. The minimum Gasteiger partial charge on any atom is -0.484 e. The first-order chi connectivity index (χ1) is 10.7. The second-order valence-corrected chi connectivity index (χ2v) is 4.84. The van der Waals surface area contributed by atoms with Gasteiger partial charge in [0.05, 0.1) is 0 Å². The summed E-state index contributed by atoms with van der Waals surface area (Å²) in [4.78, 5) is 15.3. The van der Waals surface area contributed by atoms with Gasteiger partial charge in [0.25, 0.3) is 5.91 Å². The zero-order valence-corrected chi connectivity index (χ0v) is 11.9. The summed E-state index contributed by atoms with van der Waals surface area (Å²) in [7, 11) is 0. The average Bonchev–Trinajstić information content (AvgIpc) is 2.96. The maximum Gasteiger partial charge on any atom is 0.281 e. The van der Waals surface area contributed by atoms with Crippen LogP contribution in [0.2, 0.25) is 0 Å². The molecule has 0 radical (unpaired) electrons. The normalized spacial score (nSPS) is 10.6. The molecule has 1 heterocycles. The van der Waals surface area contributed by atoms with Gasteiger partial charge in [-0.3, -0.25) is 10.0 Å². The Labute approximate surface area is 126 Å². The lowest BCUT2D eigenvalue weighted by atomic mass is 10.2. The van der Waals surface area contributed by atoms with Gasteiger partial charge in [-0.2, -0.15) is 0 Å². The Bertz CT molecular complexity index is 809. The fourth-order valence-electron chi connectivity index (χ4n) is 2.04. The number of fused-ring (bicyclic) bond motifs is 1. The molecule has 0 unspecified atom stereocenters. The van der Waals surface area contributed by atoms with E-state index in [0.29, 0.717) is 11.6 Å². The fourth-order valence-corrected chi connectivity index (χ4v) is 2.04. The van der Waals surface area contributed by atoms with E-state index in [1.54, 1.807) is 24.3 Å². The number of benzene rings is 2. The van der Waals surface area contributed by atoms with Crippen LogP contribution < -0.4 is 10.2 Å². The SMILES string of the molecule is Cc1ccc2oc(-c3ccc(OCC(=O)NO)cc3)nc2c1. The Kier molecular flexibility index (Phi) is 3.76. The molecule has 0 bridgehead atoms. The van der Waals surface area contributed by atoms with Crippen molar-refractivity contribution in [2.24, 2.45) is 0 Å². The Morgan fingerprint density at radius 1 is 1.27 bits per heavy atom. The van der Waals surface area contributed by atoms with Gasteiger partial charge in [0, 0.05) is 5.56 Å². The number of amides is 1. The van der Waals surface area contributed by atoms with Gasteiger partial charge >= 0.3 is 0 Å². The predicted molar refractivity (Wildman–Crippen MR) is 79.6 cm³/mol. The number of aryl methyl sites for hydroxylation is 1. The van der Waals surface area contributed by atoms with E-state index in [-0.39, 0.29) is 6.61 Å². The van der Waals surface area contributed by atoms with Crippen LogP contribution in [0.25, 0.3) is 22.6 Å². The third kappa shape index (κ3) is 2.91. The third-order valence-corrected chi connectivity index (χ3v) is 3.14. The second kappa shape index (κ2) is 5.87. The lowest BCUT2D eigenvalue weighted by Gasteiger charge is -2.04.